The summed E-state index contributed by atoms with van der Waals surface area (Å²) in [6.45, 7) is 5.16. The molecule has 3 rings (SSSR count). The van der Waals surface area contributed by atoms with Crippen LogP contribution in [0.2, 0.25) is 0 Å². The highest BCUT2D eigenvalue weighted by Gasteiger charge is 2.34. The molecular weight excluding hydrogens is 304 g/mol. The molecule has 2 aliphatic heterocycles. The topological polar surface area (TPSA) is 42.0 Å². The Labute approximate surface area is 144 Å². The SMILES string of the molecule is CC[C@H]1CCCCN1CC(=O)N1CC(Oc2ccccc2OC)C1. The van der Waals surface area contributed by atoms with Gasteiger partial charge in [0, 0.05) is 6.04 Å². The number of carbonyl (C=O) groups is 1. The molecule has 0 radical (unpaired) electrons. The quantitative estimate of drug-likeness (QED) is 0.803. The number of hydrogen-bond donors (Lipinski definition) is 0. The molecule has 24 heavy (non-hydrogen) atoms. The molecule has 1 amide bonds. The first-order valence-electron chi connectivity index (χ1n) is 9.02. The number of para-hydroxylation sites is 2. The third-order valence-corrected chi connectivity index (χ3v) is 5.12. The van der Waals surface area contributed by atoms with E-state index in [1.165, 1.54) is 19.3 Å². The van der Waals surface area contributed by atoms with Gasteiger partial charge in [-0.05, 0) is 37.9 Å². The number of amides is 1. The molecule has 2 fully saturated rings. The van der Waals surface area contributed by atoms with Crippen molar-refractivity contribution in [2.45, 2.75) is 44.8 Å². The van der Waals surface area contributed by atoms with E-state index in [4.69, 9.17) is 9.47 Å². The van der Waals surface area contributed by atoms with Crippen molar-refractivity contribution in [2.24, 2.45) is 0 Å². The lowest BCUT2D eigenvalue weighted by Gasteiger charge is -2.41. The molecule has 2 saturated heterocycles. The third kappa shape index (κ3) is 3.83. The molecule has 132 valence electrons. The van der Waals surface area contributed by atoms with E-state index in [-0.39, 0.29) is 12.0 Å². The zero-order chi connectivity index (χ0) is 16.9. The smallest absolute Gasteiger partial charge is 0.237 e. The lowest BCUT2D eigenvalue weighted by Crippen LogP contribution is -2.59. The van der Waals surface area contributed by atoms with Gasteiger partial charge in [-0.3, -0.25) is 9.69 Å². The number of carbonyl (C=O) groups excluding carboxylic acids is 1. The minimum Gasteiger partial charge on any atom is -0.493 e. The van der Waals surface area contributed by atoms with Gasteiger partial charge in [0.2, 0.25) is 5.91 Å². The van der Waals surface area contributed by atoms with Gasteiger partial charge in [0.05, 0.1) is 26.7 Å². The molecule has 0 aliphatic carbocycles. The Morgan fingerprint density at radius 3 is 2.67 bits per heavy atom. The van der Waals surface area contributed by atoms with Gasteiger partial charge in [-0.1, -0.05) is 25.5 Å². The first-order chi connectivity index (χ1) is 11.7. The average molecular weight is 332 g/mol. The summed E-state index contributed by atoms with van der Waals surface area (Å²) in [5.74, 6) is 1.72. The Hall–Kier alpha value is -1.75. The van der Waals surface area contributed by atoms with Crippen LogP contribution in [0.1, 0.15) is 32.6 Å². The fourth-order valence-electron chi connectivity index (χ4n) is 3.62. The van der Waals surface area contributed by atoms with E-state index >= 15 is 0 Å². The van der Waals surface area contributed by atoms with Crippen molar-refractivity contribution < 1.29 is 14.3 Å². The van der Waals surface area contributed by atoms with Gasteiger partial charge in [0.15, 0.2) is 11.5 Å². The number of likely N-dealkylation sites (tertiary alicyclic amines) is 2. The zero-order valence-corrected chi connectivity index (χ0v) is 14.7. The molecule has 0 bridgehead atoms. The number of ether oxygens (including phenoxy) is 2. The Kier molecular flexibility index (Phi) is 5.61. The molecule has 2 aliphatic rings. The van der Waals surface area contributed by atoms with Crippen molar-refractivity contribution in [1.82, 2.24) is 9.80 Å². The fourth-order valence-corrected chi connectivity index (χ4v) is 3.62. The predicted molar refractivity (Wildman–Crippen MR) is 93.5 cm³/mol. The predicted octanol–water partition coefficient (Wildman–Crippen LogP) is 2.55. The number of methoxy groups -OCH3 is 1. The Morgan fingerprint density at radius 2 is 1.96 bits per heavy atom. The summed E-state index contributed by atoms with van der Waals surface area (Å²) < 4.78 is 11.3. The maximum absolute atomic E-state index is 12.5. The summed E-state index contributed by atoms with van der Waals surface area (Å²) in [6, 6.07) is 8.22. The molecule has 1 aromatic carbocycles. The van der Waals surface area contributed by atoms with Crippen LogP contribution in [0.15, 0.2) is 24.3 Å². The van der Waals surface area contributed by atoms with Crippen molar-refractivity contribution in [2.75, 3.05) is 33.3 Å². The summed E-state index contributed by atoms with van der Waals surface area (Å²) in [6.07, 6.45) is 4.93. The van der Waals surface area contributed by atoms with Crippen molar-refractivity contribution in [3.05, 3.63) is 24.3 Å². The second kappa shape index (κ2) is 7.88. The molecule has 5 nitrogen and oxygen atoms in total. The second-order valence-electron chi connectivity index (χ2n) is 6.72. The standard InChI is InChI=1S/C19H28N2O3/c1-3-15-8-6-7-11-20(15)14-19(22)21-12-16(13-21)24-18-10-5-4-9-17(18)23-2/h4-5,9-10,15-16H,3,6-8,11-14H2,1-2H3/t15-/m0/s1. The van der Waals surface area contributed by atoms with Crippen molar-refractivity contribution in [3.63, 3.8) is 0 Å². The Balaban J connectivity index is 1.46. The highest BCUT2D eigenvalue weighted by Crippen LogP contribution is 2.29. The van der Waals surface area contributed by atoms with E-state index in [1.54, 1.807) is 7.11 Å². The van der Waals surface area contributed by atoms with Crippen LogP contribution in [0.25, 0.3) is 0 Å². The Bertz CT molecular complexity index is 557. The monoisotopic (exact) mass is 332 g/mol. The number of nitrogens with zero attached hydrogens (tertiary/aromatic N) is 2. The number of benzene rings is 1. The van der Waals surface area contributed by atoms with Crippen LogP contribution in [0.3, 0.4) is 0 Å². The summed E-state index contributed by atoms with van der Waals surface area (Å²) in [5.41, 5.74) is 0. The van der Waals surface area contributed by atoms with Crippen molar-refractivity contribution >= 4 is 5.91 Å². The molecule has 5 heteroatoms. The summed E-state index contributed by atoms with van der Waals surface area (Å²) in [5, 5.41) is 0. The molecule has 0 saturated carbocycles. The van der Waals surface area contributed by atoms with Crippen molar-refractivity contribution in [3.8, 4) is 11.5 Å². The average Bonchev–Trinajstić information content (AvgIpc) is 2.58. The zero-order valence-electron chi connectivity index (χ0n) is 14.7. The highest BCUT2D eigenvalue weighted by atomic mass is 16.5. The van der Waals surface area contributed by atoms with E-state index in [1.807, 2.05) is 29.2 Å². The lowest BCUT2D eigenvalue weighted by atomic mass is 10.00. The van der Waals surface area contributed by atoms with E-state index in [2.05, 4.69) is 11.8 Å². The first-order valence-corrected chi connectivity index (χ1v) is 9.02. The van der Waals surface area contributed by atoms with Gasteiger partial charge in [0.25, 0.3) is 0 Å². The molecule has 1 aromatic rings. The maximum Gasteiger partial charge on any atom is 0.237 e. The van der Waals surface area contributed by atoms with Crippen LogP contribution in [-0.2, 0) is 4.79 Å². The van der Waals surface area contributed by atoms with Crippen LogP contribution >= 0.6 is 0 Å². The number of rotatable bonds is 6. The van der Waals surface area contributed by atoms with Crippen LogP contribution in [-0.4, -0.2) is 61.1 Å². The summed E-state index contributed by atoms with van der Waals surface area (Å²) in [4.78, 5) is 16.7. The van der Waals surface area contributed by atoms with Crippen molar-refractivity contribution in [1.29, 1.82) is 0 Å². The molecule has 2 heterocycles. The summed E-state index contributed by atoms with van der Waals surface area (Å²) >= 11 is 0. The largest absolute Gasteiger partial charge is 0.493 e. The van der Waals surface area contributed by atoms with Gasteiger partial charge in [-0.2, -0.15) is 0 Å². The molecule has 0 unspecified atom stereocenters. The number of piperidine rings is 1. The number of hydrogen-bond acceptors (Lipinski definition) is 4. The van der Waals surface area contributed by atoms with Gasteiger partial charge in [-0.15, -0.1) is 0 Å². The van der Waals surface area contributed by atoms with Crippen LogP contribution in [0.4, 0.5) is 0 Å². The Morgan fingerprint density at radius 1 is 1.21 bits per heavy atom. The van der Waals surface area contributed by atoms with E-state index < -0.39 is 0 Å². The first kappa shape index (κ1) is 17.1. The van der Waals surface area contributed by atoms with Crippen LogP contribution in [0, 0.1) is 0 Å². The van der Waals surface area contributed by atoms with E-state index in [0.29, 0.717) is 25.7 Å². The minimum absolute atomic E-state index is 0.0635. The van der Waals surface area contributed by atoms with Gasteiger partial charge in [0.1, 0.15) is 6.10 Å². The van der Waals surface area contributed by atoms with Crippen LogP contribution < -0.4 is 9.47 Å². The third-order valence-electron chi connectivity index (χ3n) is 5.12. The fraction of sp³-hybridized carbons (Fsp3) is 0.632. The molecular formula is C19H28N2O3. The lowest BCUT2D eigenvalue weighted by molar-refractivity contribution is -0.142. The normalized spacial score (nSPS) is 22.1. The maximum atomic E-state index is 12.5. The second-order valence-corrected chi connectivity index (χ2v) is 6.72. The van der Waals surface area contributed by atoms with Gasteiger partial charge >= 0.3 is 0 Å². The molecule has 0 spiro atoms. The van der Waals surface area contributed by atoms with E-state index in [9.17, 15) is 4.79 Å². The summed E-state index contributed by atoms with van der Waals surface area (Å²) in [7, 11) is 1.64. The molecule has 1 atom stereocenters. The van der Waals surface area contributed by atoms with E-state index in [0.717, 1.165) is 24.5 Å². The highest BCUT2D eigenvalue weighted by molar-refractivity contribution is 5.79. The van der Waals surface area contributed by atoms with Crippen LogP contribution in [0.5, 0.6) is 11.5 Å². The van der Waals surface area contributed by atoms with Gasteiger partial charge < -0.3 is 14.4 Å². The molecule has 0 aromatic heterocycles. The molecule has 0 N–H and O–H groups in total. The minimum atomic E-state index is 0.0635. The van der Waals surface area contributed by atoms with Gasteiger partial charge in [-0.25, -0.2) is 0 Å².